The number of nitrogens with zero attached hydrogens (tertiary/aromatic N) is 3. The monoisotopic (exact) mass is 319 g/mol. The van der Waals surface area contributed by atoms with Gasteiger partial charge in [-0.2, -0.15) is 5.26 Å². The second-order valence-electron chi connectivity index (χ2n) is 5.10. The van der Waals surface area contributed by atoms with Crippen LogP contribution in [0.4, 0.5) is 4.79 Å². The zero-order chi connectivity index (χ0) is 16.3. The first-order valence-corrected chi connectivity index (χ1v) is 7.58. The van der Waals surface area contributed by atoms with E-state index in [1.165, 1.54) is 0 Å². The predicted octanol–water partition coefficient (Wildman–Crippen LogP) is 1.41. The molecule has 1 aromatic carbocycles. The minimum absolute atomic E-state index is 0.121. The Morgan fingerprint density at radius 1 is 1.17 bits per heavy atom. The van der Waals surface area contributed by atoms with Crippen LogP contribution in [-0.2, 0) is 20.9 Å². The second-order valence-corrected chi connectivity index (χ2v) is 5.10. The van der Waals surface area contributed by atoms with Gasteiger partial charge in [0.15, 0.2) is 0 Å². The number of carbonyl (C=O) groups excluding carboxylic acids is 1. The molecule has 0 atom stereocenters. The number of ether oxygens (including phenoxy) is 2. The van der Waals surface area contributed by atoms with E-state index >= 15 is 0 Å². The van der Waals surface area contributed by atoms with Crippen molar-refractivity contribution in [2.24, 2.45) is 0 Å². The molecule has 0 radical (unpaired) electrons. The molecule has 7 heteroatoms. The molecule has 7 nitrogen and oxygen atoms in total. The Morgan fingerprint density at radius 2 is 1.91 bits per heavy atom. The first-order valence-electron chi connectivity index (χ1n) is 7.58. The molecule has 124 valence electrons. The third-order valence-electron chi connectivity index (χ3n) is 3.45. The number of benzene rings is 1. The summed E-state index contributed by atoms with van der Waals surface area (Å²) >= 11 is 0. The fraction of sp³-hybridized carbons (Fsp3) is 0.500. The number of rotatable bonds is 7. The van der Waals surface area contributed by atoms with E-state index in [-0.39, 0.29) is 13.2 Å². The van der Waals surface area contributed by atoms with Crippen molar-refractivity contribution >= 4 is 6.16 Å². The average Bonchev–Trinajstić information content (AvgIpc) is 2.59. The molecule has 0 bridgehead atoms. The van der Waals surface area contributed by atoms with Crippen LogP contribution >= 0.6 is 0 Å². The van der Waals surface area contributed by atoms with Gasteiger partial charge in [0.1, 0.15) is 13.2 Å². The zero-order valence-corrected chi connectivity index (χ0v) is 13.0. The van der Waals surface area contributed by atoms with Gasteiger partial charge in [0.2, 0.25) is 0 Å². The summed E-state index contributed by atoms with van der Waals surface area (Å²) in [6.07, 6.45) is -0.681. The van der Waals surface area contributed by atoms with E-state index in [0.29, 0.717) is 19.7 Å². The Balaban J connectivity index is 1.58. The Morgan fingerprint density at radius 3 is 2.61 bits per heavy atom. The second kappa shape index (κ2) is 9.79. The first-order chi connectivity index (χ1) is 11.3. The van der Waals surface area contributed by atoms with Crippen molar-refractivity contribution in [3.05, 3.63) is 35.9 Å². The van der Waals surface area contributed by atoms with Gasteiger partial charge in [0.25, 0.3) is 0 Å². The van der Waals surface area contributed by atoms with Crippen molar-refractivity contribution in [2.45, 2.75) is 6.61 Å². The zero-order valence-electron chi connectivity index (χ0n) is 13.0. The molecule has 2 rings (SSSR count). The van der Waals surface area contributed by atoms with Crippen LogP contribution in [0.2, 0.25) is 0 Å². The van der Waals surface area contributed by atoms with Gasteiger partial charge in [-0.05, 0) is 5.56 Å². The van der Waals surface area contributed by atoms with Gasteiger partial charge < -0.3 is 14.3 Å². The molecule has 0 spiro atoms. The third kappa shape index (κ3) is 6.65. The third-order valence-corrected chi connectivity index (χ3v) is 3.45. The summed E-state index contributed by atoms with van der Waals surface area (Å²) in [6.45, 7) is 4.44. The molecule has 1 heterocycles. The van der Waals surface area contributed by atoms with E-state index in [4.69, 9.17) is 19.6 Å². The number of nitriles is 1. The lowest BCUT2D eigenvalue weighted by atomic mass is 10.2. The van der Waals surface area contributed by atoms with E-state index in [0.717, 1.165) is 25.2 Å². The fourth-order valence-corrected chi connectivity index (χ4v) is 2.20. The van der Waals surface area contributed by atoms with E-state index in [9.17, 15) is 4.79 Å². The van der Waals surface area contributed by atoms with Crippen LogP contribution in [0, 0.1) is 11.3 Å². The Bertz CT molecular complexity index is 510. The minimum atomic E-state index is -0.681. The Labute approximate surface area is 135 Å². The normalized spacial score (nSPS) is 15.8. The van der Waals surface area contributed by atoms with Gasteiger partial charge in [0.05, 0.1) is 12.7 Å². The lowest BCUT2D eigenvalue weighted by Crippen LogP contribution is -2.47. The van der Waals surface area contributed by atoms with Crippen molar-refractivity contribution in [1.29, 1.82) is 5.26 Å². The number of piperazine rings is 1. The molecule has 1 aliphatic heterocycles. The summed E-state index contributed by atoms with van der Waals surface area (Å²) in [5.41, 5.74) is 0.923. The molecule has 1 fully saturated rings. The van der Waals surface area contributed by atoms with E-state index in [1.807, 2.05) is 36.4 Å². The van der Waals surface area contributed by atoms with Crippen LogP contribution < -0.4 is 0 Å². The molecule has 0 N–H and O–H groups in total. The van der Waals surface area contributed by atoms with Crippen molar-refractivity contribution in [1.82, 2.24) is 9.96 Å². The average molecular weight is 319 g/mol. The van der Waals surface area contributed by atoms with Crippen molar-refractivity contribution in [2.75, 3.05) is 45.9 Å². The summed E-state index contributed by atoms with van der Waals surface area (Å²) in [5.74, 6) is 0. The molecule has 1 aromatic rings. The van der Waals surface area contributed by atoms with Crippen molar-refractivity contribution in [3.8, 4) is 6.07 Å². The number of carbonyl (C=O) groups is 1. The van der Waals surface area contributed by atoms with Gasteiger partial charge in [0, 0.05) is 32.7 Å². The molecule has 0 aliphatic carbocycles. The number of hydrogen-bond acceptors (Lipinski definition) is 7. The maximum absolute atomic E-state index is 11.7. The largest absolute Gasteiger partial charge is 0.528 e. The first kappa shape index (κ1) is 17.2. The maximum Gasteiger partial charge on any atom is 0.528 e. The molecular weight excluding hydrogens is 298 g/mol. The van der Waals surface area contributed by atoms with Gasteiger partial charge >= 0.3 is 6.16 Å². The van der Waals surface area contributed by atoms with E-state index in [2.05, 4.69) is 4.90 Å². The van der Waals surface area contributed by atoms with Gasteiger partial charge in [-0.3, -0.25) is 4.90 Å². The lowest BCUT2D eigenvalue weighted by Gasteiger charge is -2.32. The molecule has 0 saturated carbocycles. The fourth-order valence-electron chi connectivity index (χ4n) is 2.20. The summed E-state index contributed by atoms with van der Waals surface area (Å²) < 4.78 is 10.2. The topological polar surface area (TPSA) is 75.0 Å². The molecule has 1 aliphatic rings. The highest BCUT2D eigenvalue weighted by Gasteiger charge is 2.20. The van der Waals surface area contributed by atoms with Crippen LogP contribution in [0.1, 0.15) is 5.56 Å². The van der Waals surface area contributed by atoms with Crippen LogP contribution in [0.25, 0.3) is 0 Å². The van der Waals surface area contributed by atoms with Crippen LogP contribution in [0.15, 0.2) is 30.3 Å². The molecule has 0 unspecified atom stereocenters. The van der Waals surface area contributed by atoms with Gasteiger partial charge in [-0.1, -0.05) is 30.3 Å². The smallest absolute Gasteiger partial charge is 0.428 e. The summed E-state index contributed by atoms with van der Waals surface area (Å²) in [6, 6.07) is 11.4. The standard InChI is InChI=1S/C16H21N3O4/c17-6-12-21-13-11-18-7-9-19(10-8-18)23-16(20)22-14-15-4-2-1-3-5-15/h1-5H,7-14H2. The molecule has 1 saturated heterocycles. The quantitative estimate of drug-likeness (QED) is 0.555. The summed E-state index contributed by atoms with van der Waals surface area (Å²) in [5, 5.41) is 9.99. The maximum atomic E-state index is 11.7. The minimum Gasteiger partial charge on any atom is -0.428 e. The molecular formula is C16H21N3O4. The van der Waals surface area contributed by atoms with Crippen LogP contribution in [0.5, 0.6) is 0 Å². The molecule has 23 heavy (non-hydrogen) atoms. The van der Waals surface area contributed by atoms with E-state index < -0.39 is 6.16 Å². The Hall–Kier alpha value is -2.14. The molecule has 0 aromatic heterocycles. The highest BCUT2D eigenvalue weighted by molar-refractivity contribution is 5.59. The van der Waals surface area contributed by atoms with Crippen molar-refractivity contribution in [3.63, 3.8) is 0 Å². The Kier molecular flexibility index (Phi) is 7.33. The highest BCUT2D eigenvalue weighted by atomic mass is 16.8. The van der Waals surface area contributed by atoms with Crippen LogP contribution in [0.3, 0.4) is 0 Å². The molecule has 0 amide bonds. The summed E-state index contributed by atoms with van der Waals surface area (Å²) in [4.78, 5) is 19.0. The van der Waals surface area contributed by atoms with Gasteiger partial charge in [-0.15, -0.1) is 5.06 Å². The summed E-state index contributed by atoms with van der Waals surface area (Å²) in [7, 11) is 0. The SMILES string of the molecule is N#CCOCCN1CCN(OC(=O)OCc2ccccc2)CC1. The van der Waals surface area contributed by atoms with E-state index in [1.54, 1.807) is 5.06 Å². The van der Waals surface area contributed by atoms with Gasteiger partial charge in [-0.25, -0.2) is 4.79 Å². The highest BCUT2D eigenvalue weighted by Crippen LogP contribution is 2.06. The number of hydrogen-bond donors (Lipinski definition) is 0. The predicted molar refractivity (Wildman–Crippen MR) is 82.2 cm³/mol. The van der Waals surface area contributed by atoms with Crippen LogP contribution in [-0.4, -0.2) is 62.1 Å². The lowest BCUT2D eigenvalue weighted by molar-refractivity contribution is -0.148. The number of hydroxylamine groups is 2. The van der Waals surface area contributed by atoms with Crippen molar-refractivity contribution < 1.29 is 19.1 Å².